The molecule has 23 heavy (non-hydrogen) atoms. The number of phenolic OH excluding ortho intramolecular Hbond substituents is 3. The Morgan fingerprint density at radius 1 is 0.957 bits per heavy atom. The minimum absolute atomic E-state index is 0.00946. The first-order valence-corrected chi connectivity index (χ1v) is 8.14. The molecule has 4 N–H and O–H groups in total. The van der Waals surface area contributed by atoms with Crippen molar-refractivity contribution >= 4 is 11.8 Å². The van der Waals surface area contributed by atoms with Crippen molar-refractivity contribution in [3.63, 3.8) is 0 Å². The van der Waals surface area contributed by atoms with Crippen LogP contribution in [0.5, 0.6) is 17.2 Å². The van der Waals surface area contributed by atoms with Crippen molar-refractivity contribution < 1.29 is 15.3 Å². The molecule has 0 saturated heterocycles. The molecule has 5 nitrogen and oxygen atoms in total. The first-order valence-electron chi connectivity index (χ1n) is 7.33. The number of likely N-dealkylation sites (N-methyl/N-ethyl adjacent to an activating group) is 1. The fourth-order valence-electron chi connectivity index (χ4n) is 2.01. The van der Waals surface area contributed by atoms with E-state index < -0.39 is 0 Å². The Morgan fingerprint density at radius 3 is 2.22 bits per heavy atom. The number of hydrogen-bond acceptors (Lipinski definition) is 6. The van der Waals surface area contributed by atoms with E-state index in [0.29, 0.717) is 16.3 Å². The summed E-state index contributed by atoms with van der Waals surface area (Å²) in [6, 6.07) is 9.90. The van der Waals surface area contributed by atoms with Gasteiger partial charge in [-0.2, -0.15) is 0 Å². The lowest BCUT2D eigenvalue weighted by atomic mass is 10.2. The number of hydrogen-bond donors (Lipinski definition) is 4. The van der Waals surface area contributed by atoms with E-state index in [1.54, 1.807) is 12.1 Å². The summed E-state index contributed by atoms with van der Waals surface area (Å²) in [5.74, 6) is 0.174. The van der Waals surface area contributed by atoms with E-state index >= 15 is 0 Å². The number of nitrogens with one attached hydrogen (secondary N) is 1. The van der Waals surface area contributed by atoms with Crippen LogP contribution < -0.4 is 5.32 Å². The summed E-state index contributed by atoms with van der Waals surface area (Å²) in [6.07, 6.45) is 0. The summed E-state index contributed by atoms with van der Waals surface area (Å²) in [5.41, 5.74) is 1.00. The molecule has 2 aromatic rings. The van der Waals surface area contributed by atoms with E-state index in [-0.39, 0.29) is 17.2 Å². The molecule has 0 heterocycles. The minimum atomic E-state index is -0.0103. The lowest BCUT2D eigenvalue weighted by Crippen LogP contribution is -2.26. The first kappa shape index (κ1) is 17.5. The van der Waals surface area contributed by atoms with Crippen molar-refractivity contribution in [1.29, 1.82) is 0 Å². The molecule has 0 aliphatic rings. The van der Waals surface area contributed by atoms with Crippen LogP contribution in [0, 0.1) is 0 Å². The maximum Gasteiger partial charge on any atom is 0.133 e. The summed E-state index contributed by atoms with van der Waals surface area (Å²) >= 11 is 1.25. The zero-order valence-electron chi connectivity index (χ0n) is 13.3. The zero-order valence-corrected chi connectivity index (χ0v) is 14.1. The van der Waals surface area contributed by atoms with E-state index in [1.165, 1.54) is 23.9 Å². The predicted octanol–water partition coefficient (Wildman–Crippen LogP) is 2.61. The maximum absolute atomic E-state index is 10.2. The summed E-state index contributed by atoms with van der Waals surface area (Å²) in [4.78, 5) is 3.34. The van der Waals surface area contributed by atoms with Gasteiger partial charge in [-0.25, -0.2) is 0 Å². The third-order valence-electron chi connectivity index (χ3n) is 3.25. The van der Waals surface area contributed by atoms with Gasteiger partial charge < -0.3 is 25.5 Å². The molecule has 0 bridgehead atoms. The highest BCUT2D eigenvalue weighted by Crippen LogP contribution is 2.40. The SMILES string of the molecule is CN(C)CCNCc1ccc(Sc2ccc(O)cc2O)c(O)c1. The quantitative estimate of drug-likeness (QED) is 0.583. The van der Waals surface area contributed by atoms with Crippen molar-refractivity contribution in [2.75, 3.05) is 27.2 Å². The van der Waals surface area contributed by atoms with Crippen LogP contribution in [0.3, 0.4) is 0 Å². The summed E-state index contributed by atoms with van der Waals surface area (Å²) in [6.45, 7) is 2.53. The molecular weight excluding hydrogens is 312 g/mol. The van der Waals surface area contributed by atoms with Gasteiger partial charge in [-0.3, -0.25) is 0 Å². The van der Waals surface area contributed by atoms with E-state index in [4.69, 9.17) is 0 Å². The molecule has 0 saturated carbocycles. The van der Waals surface area contributed by atoms with Gasteiger partial charge in [-0.15, -0.1) is 0 Å². The Bertz CT molecular complexity index is 662. The summed E-state index contributed by atoms with van der Waals surface area (Å²) < 4.78 is 0. The van der Waals surface area contributed by atoms with Gasteiger partial charge in [-0.05, 0) is 43.9 Å². The molecule has 6 heteroatoms. The van der Waals surface area contributed by atoms with E-state index in [0.717, 1.165) is 18.7 Å². The molecule has 0 radical (unpaired) electrons. The topological polar surface area (TPSA) is 76.0 Å². The third-order valence-corrected chi connectivity index (χ3v) is 4.38. The predicted molar refractivity (Wildman–Crippen MR) is 92.3 cm³/mol. The highest BCUT2D eigenvalue weighted by Gasteiger charge is 2.09. The summed E-state index contributed by atoms with van der Waals surface area (Å²) in [5, 5.41) is 32.6. The Hall–Kier alpha value is -1.89. The third kappa shape index (κ3) is 5.35. The molecule has 0 aromatic heterocycles. The van der Waals surface area contributed by atoms with Crippen molar-refractivity contribution in [2.45, 2.75) is 16.3 Å². The minimum Gasteiger partial charge on any atom is -0.508 e. The number of benzene rings is 2. The molecule has 124 valence electrons. The molecule has 0 fully saturated rings. The number of aromatic hydroxyl groups is 3. The standard InChI is InChI=1S/C17H22N2O3S/c1-19(2)8-7-18-11-12-3-5-16(14(21)9-12)23-17-6-4-13(20)10-15(17)22/h3-6,9-10,18,20-22H,7-8,11H2,1-2H3. The highest BCUT2D eigenvalue weighted by molar-refractivity contribution is 7.99. The molecule has 0 aliphatic heterocycles. The summed E-state index contributed by atoms with van der Waals surface area (Å²) in [7, 11) is 4.05. The zero-order chi connectivity index (χ0) is 16.8. The fourth-order valence-corrected chi connectivity index (χ4v) is 2.84. The second-order valence-electron chi connectivity index (χ2n) is 5.54. The van der Waals surface area contributed by atoms with Crippen molar-refractivity contribution in [2.24, 2.45) is 0 Å². The Morgan fingerprint density at radius 2 is 1.61 bits per heavy atom. The monoisotopic (exact) mass is 334 g/mol. The van der Waals surface area contributed by atoms with Crippen LogP contribution in [-0.4, -0.2) is 47.4 Å². The first-order chi connectivity index (χ1) is 11.0. The average molecular weight is 334 g/mol. The Labute approximate surface area is 140 Å². The number of nitrogens with zero attached hydrogens (tertiary/aromatic N) is 1. The van der Waals surface area contributed by atoms with E-state index in [2.05, 4.69) is 10.2 Å². The van der Waals surface area contributed by atoms with Crippen LogP contribution in [0.2, 0.25) is 0 Å². The van der Waals surface area contributed by atoms with E-state index in [9.17, 15) is 15.3 Å². The fraction of sp³-hybridized carbons (Fsp3) is 0.294. The Kier molecular flexibility index (Phi) is 6.15. The van der Waals surface area contributed by atoms with Crippen molar-refractivity contribution in [3.05, 3.63) is 42.0 Å². The van der Waals surface area contributed by atoms with Gasteiger partial charge in [0.05, 0.1) is 9.79 Å². The van der Waals surface area contributed by atoms with E-state index in [1.807, 2.05) is 26.2 Å². The van der Waals surface area contributed by atoms with Crippen molar-refractivity contribution in [1.82, 2.24) is 10.2 Å². The van der Waals surface area contributed by atoms with Crippen LogP contribution in [0.15, 0.2) is 46.2 Å². The molecule has 0 unspecified atom stereocenters. The molecule has 2 rings (SSSR count). The normalized spacial score (nSPS) is 11.1. The van der Waals surface area contributed by atoms with Crippen LogP contribution in [-0.2, 0) is 6.54 Å². The smallest absolute Gasteiger partial charge is 0.133 e. The van der Waals surface area contributed by atoms with Gasteiger partial charge in [0.25, 0.3) is 0 Å². The lowest BCUT2D eigenvalue weighted by Gasteiger charge is -2.11. The van der Waals surface area contributed by atoms with Gasteiger partial charge in [-0.1, -0.05) is 17.8 Å². The van der Waals surface area contributed by atoms with Crippen LogP contribution in [0.25, 0.3) is 0 Å². The van der Waals surface area contributed by atoms with Crippen LogP contribution in [0.4, 0.5) is 0 Å². The molecule has 0 spiro atoms. The highest BCUT2D eigenvalue weighted by atomic mass is 32.2. The average Bonchev–Trinajstić information content (AvgIpc) is 2.48. The second kappa shape index (κ2) is 8.10. The molecule has 2 aromatic carbocycles. The van der Waals surface area contributed by atoms with Crippen molar-refractivity contribution in [3.8, 4) is 17.2 Å². The number of rotatable bonds is 7. The molecule has 0 amide bonds. The lowest BCUT2D eigenvalue weighted by molar-refractivity contribution is 0.399. The number of phenols is 3. The Balaban J connectivity index is 1.99. The maximum atomic E-state index is 10.2. The van der Waals surface area contributed by atoms with Gasteiger partial charge in [0, 0.05) is 25.7 Å². The van der Waals surface area contributed by atoms with Gasteiger partial charge in [0.2, 0.25) is 0 Å². The van der Waals surface area contributed by atoms with Gasteiger partial charge >= 0.3 is 0 Å². The molecule has 0 atom stereocenters. The molecule has 0 aliphatic carbocycles. The van der Waals surface area contributed by atoms with Crippen LogP contribution in [0.1, 0.15) is 5.56 Å². The van der Waals surface area contributed by atoms with Crippen LogP contribution >= 0.6 is 11.8 Å². The van der Waals surface area contributed by atoms with Gasteiger partial charge in [0.1, 0.15) is 17.2 Å². The molecular formula is C17H22N2O3S. The largest absolute Gasteiger partial charge is 0.508 e. The second-order valence-corrected chi connectivity index (χ2v) is 6.62. The van der Waals surface area contributed by atoms with Gasteiger partial charge in [0.15, 0.2) is 0 Å².